The second kappa shape index (κ2) is 9.31. The molecule has 0 saturated carbocycles. The van der Waals surface area contributed by atoms with Crippen LogP contribution in [0, 0.1) is 0 Å². The van der Waals surface area contributed by atoms with Crippen LogP contribution in [0.25, 0.3) is 0 Å². The summed E-state index contributed by atoms with van der Waals surface area (Å²) in [6.45, 7) is 3.62. The Bertz CT molecular complexity index is 675. The number of ether oxygens (including phenoxy) is 1. The highest BCUT2D eigenvalue weighted by atomic mass is 32.2. The molecule has 1 fully saturated rings. The van der Waals surface area contributed by atoms with Crippen molar-refractivity contribution in [2.24, 2.45) is 0 Å². The zero-order chi connectivity index (χ0) is 18.3. The number of methoxy groups -OCH3 is 1. The summed E-state index contributed by atoms with van der Waals surface area (Å²) in [7, 11) is -2.05. The van der Waals surface area contributed by atoms with Crippen LogP contribution in [0.3, 0.4) is 0 Å². The molecular formula is C18H28N2O4S. The number of benzene rings is 1. The molecule has 0 aromatic heterocycles. The Hall–Kier alpha value is -1.44. The minimum absolute atomic E-state index is 0.0806. The third kappa shape index (κ3) is 5.26. The fourth-order valence-electron chi connectivity index (χ4n) is 3.16. The van der Waals surface area contributed by atoms with Gasteiger partial charge in [0.1, 0.15) is 0 Å². The summed E-state index contributed by atoms with van der Waals surface area (Å²) in [5, 5.41) is 0. The lowest BCUT2D eigenvalue weighted by Gasteiger charge is -2.35. The Balaban J connectivity index is 2.13. The van der Waals surface area contributed by atoms with Crippen LogP contribution in [0.5, 0.6) is 0 Å². The molecule has 1 amide bonds. The van der Waals surface area contributed by atoms with Crippen molar-refractivity contribution in [1.29, 1.82) is 0 Å². The first-order valence-corrected chi connectivity index (χ1v) is 10.4. The van der Waals surface area contributed by atoms with Crippen molar-refractivity contribution in [3.05, 3.63) is 29.8 Å². The molecule has 1 unspecified atom stereocenters. The summed E-state index contributed by atoms with van der Waals surface area (Å²) < 4.78 is 32.2. The molecule has 1 atom stereocenters. The largest absolute Gasteiger partial charge is 0.385 e. The fourth-order valence-corrected chi connectivity index (χ4v) is 4.28. The summed E-state index contributed by atoms with van der Waals surface area (Å²) in [6.07, 6.45) is 4.68. The molecule has 1 heterocycles. The van der Waals surface area contributed by atoms with Gasteiger partial charge in [0.25, 0.3) is 5.91 Å². The molecule has 7 heteroatoms. The van der Waals surface area contributed by atoms with Crippen molar-refractivity contribution in [3.63, 3.8) is 0 Å². The van der Waals surface area contributed by atoms with Gasteiger partial charge in [0.05, 0.1) is 4.90 Å². The maximum Gasteiger partial charge on any atom is 0.254 e. The molecule has 1 aliphatic rings. The average molecular weight is 368 g/mol. The monoisotopic (exact) mass is 368 g/mol. The summed E-state index contributed by atoms with van der Waals surface area (Å²) in [4.78, 5) is 14.9. The lowest BCUT2D eigenvalue weighted by Crippen LogP contribution is -2.43. The topological polar surface area (TPSA) is 75.7 Å². The highest BCUT2D eigenvalue weighted by Gasteiger charge is 2.27. The third-order valence-electron chi connectivity index (χ3n) is 4.57. The summed E-state index contributed by atoms with van der Waals surface area (Å²) in [5.41, 5.74) is 0.431. The number of hydrogen-bond donors (Lipinski definition) is 1. The van der Waals surface area contributed by atoms with Crippen molar-refractivity contribution in [2.45, 2.75) is 50.0 Å². The van der Waals surface area contributed by atoms with Crippen molar-refractivity contribution in [1.82, 2.24) is 9.62 Å². The lowest BCUT2D eigenvalue weighted by atomic mass is 9.99. The maximum absolute atomic E-state index is 12.8. The lowest BCUT2D eigenvalue weighted by molar-refractivity contribution is 0.0608. The van der Waals surface area contributed by atoms with Gasteiger partial charge in [-0.05, 0) is 50.3 Å². The smallest absolute Gasteiger partial charge is 0.254 e. The van der Waals surface area contributed by atoms with E-state index < -0.39 is 10.0 Å². The van der Waals surface area contributed by atoms with Gasteiger partial charge in [-0.25, -0.2) is 13.1 Å². The SMILES string of the molecule is CCC1CCCCN1C(=O)c1cccc(S(=O)(=O)NCCCOC)c1. The number of likely N-dealkylation sites (tertiary alicyclic amines) is 1. The first kappa shape index (κ1) is 19.9. The second-order valence-corrected chi connectivity index (χ2v) is 8.10. The molecule has 1 aromatic carbocycles. The first-order chi connectivity index (χ1) is 12.0. The van der Waals surface area contributed by atoms with Crippen LogP contribution in [0.15, 0.2) is 29.2 Å². The van der Waals surface area contributed by atoms with Crippen LogP contribution in [0.2, 0.25) is 0 Å². The summed E-state index contributed by atoms with van der Waals surface area (Å²) in [5.74, 6) is -0.0806. The van der Waals surface area contributed by atoms with E-state index in [1.165, 1.54) is 12.1 Å². The van der Waals surface area contributed by atoms with Crippen LogP contribution in [-0.2, 0) is 14.8 Å². The summed E-state index contributed by atoms with van der Waals surface area (Å²) in [6, 6.07) is 6.55. The van der Waals surface area contributed by atoms with Crippen LogP contribution in [0.1, 0.15) is 49.4 Å². The van der Waals surface area contributed by atoms with Crippen molar-refractivity contribution >= 4 is 15.9 Å². The van der Waals surface area contributed by atoms with Gasteiger partial charge >= 0.3 is 0 Å². The number of hydrogen-bond acceptors (Lipinski definition) is 4. The second-order valence-electron chi connectivity index (χ2n) is 6.33. The molecular weight excluding hydrogens is 340 g/mol. The van der Waals surface area contributed by atoms with E-state index in [1.807, 2.05) is 4.90 Å². The molecule has 1 N–H and O–H groups in total. The number of nitrogens with zero attached hydrogens (tertiary/aromatic N) is 1. The van der Waals surface area contributed by atoms with Gasteiger partial charge in [-0.2, -0.15) is 0 Å². The zero-order valence-electron chi connectivity index (χ0n) is 15.0. The Kier molecular flexibility index (Phi) is 7.40. The van der Waals surface area contributed by atoms with Crippen LogP contribution in [-0.4, -0.2) is 52.1 Å². The Morgan fingerprint density at radius 2 is 2.16 bits per heavy atom. The van der Waals surface area contributed by atoms with Crippen LogP contribution in [0.4, 0.5) is 0 Å². The predicted octanol–water partition coefficient (Wildman–Crippen LogP) is 2.41. The van der Waals surface area contributed by atoms with E-state index in [-0.39, 0.29) is 16.8 Å². The van der Waals surface area contributed by atoms with Crippen molar-refractivity contribution in [2.75, 3.05) is 26.8 Å². The molecule has 0 spiro atoms. The third-order valence-corrected chi connectivity index (χ3v) is 6.03. The van der Waals surface area contributed by atoms with E-state index >= 15 is 0 Å². The quantitative estimate of drug-likeness (QED) is 0.715. The van der Waals surface area contributed by atoms with E-state index in [0.29, 0.717) is 25.1 Å². The van der Waals surface area contributed by atoms with Gasteiger partial charge in [-0.3, -0.25) is 4.79 Å². The molecule has 0 aliphatic carbocycles. The predicted molar refractivity (Wildman–Crippen MR) is 97.1 cm³/mol. The van der Waals surface area contributed by atoms with E-state index in [4.69, 9.17) is 4.74 Å². The van der Waals surface area contributed by atoms with Crippen LogP contribution >= 0.6 is 0 Å². The van der Waals surface area contributed by atoms with E-state index in [2.05, 4.69) is 11.6 Å². The zero-order valence-corrected chi connectivity index (χ0v) is 15.8. The van der Waals surface area contributed by atoms with E-state index in [1.54, 1.807) is 19.2 Å². The molecule has 2 rings (SSSR count). The standard InChI is InChI=1S/C18H28N2O4S/c1-3-16-9-4-5-12-20(16)18(21)15-8-6-10-17(14-15)25(22,23)19-11-7-13-24-2/h6,8,10,14,16,19H,3-5,7,9,11-13H2,1-2H3. The number of carbonyl (C=O) groups is 1. The molecule has 1 saturated heterocycles. The van der Waals surface area contributed by atoms with Gasteiger partial charge in [0.15, 0.2) is 0 Å². The van der Waals surface area contributed by atoms with Gasteiger partial charge < -0.3 is 9.64 Å². The molecule has 1 aromatic rings. The minimum atomic E-state index is -3.62. The van der Waals surface area contributed by atoms with E-state index in [0.717, 1.165) is 32.2 Å². The fraction of sp³-hybridized carbons (Fsp3) is 0.611. The molecule has 1 aliphatic heterocycles. The van der Waals surface area contributed by atoms with Gasteiger partial charge in [0, 0.05) is 38.4 Å². The Labute approximate surface area is 150 Å². The Morgan fingerprint density at radius 3 is 2.88 bits per heavy atom. The van der Waals surface area contributed by atoms with Crippen molar-refractivity contribution in [3.8, 4) is 0 Å². The average Bonchev–Trinajstić information content (AvgIpc) is 2.64. The summed E-state index contributed by atoms with van der Waals surface area (Å²) >= 11 is 0. The Morgan fingerprint density at radius 1 is 1.36 bits per heavy atom. The molecule has 140 valence electrons. The molecule has 0 bridgehead atoms. The molecule has 0 radical (unpaired) electrons. The number of piperidine rings is 1. The maximum atomic E-state index is 12.8. The number of nitrogens with one attached hydrogen (secondary N) is 1. The van der Waals surface area contributed by atoms with Gasteiger partial charge in [0.2, 0.25) is 10.0 Å². The minimum Gasteiger partial charge on any atom is -0.385 e. The van der Waals surface area contributed by atoms with Gasteiger partial charge in [-0.1, -0.05) is 13.0 Å². The number of amides is 1. The van der Waals surface area contributed by atoms with Crippen LogP contribution < -0.4 is 4.72 Å². The number of rotatable bonds is 8. The number of sulfonamides is 1. The highest BCUT2D eigenvalue weighted by molar-refractivity contribution is 7.89. The first-order valence-electron chi connectivity index (χ1n) is 8.89. The highest BCUT2D eigenvalue weighted by Crippen LogP contribution is 2.22. The van der Waals surface area contributed by atoms with Gasteiger partial charge in [-0.15, -0.1) is 0 Å². The number of carbonyl (C=O) groups excluding carboxylic acids is 1. The molecule has 25 heavy (non-hydrogen) atoms. The molecule has 6 nitrogen and oxygen atoms in total. The normalized spacial score (nSPS) is 18.3. The van der Waals surface area contributed by atoms with E-state index in [9.17, 15) is 13.2 Å². The van der Waals surface area contributed by atoms with Crippen molar-refractivity contribution < 1.29 is 17.9 Å².